The molecule has 1 aliphatic heterocycles. The molecule has 1 aromatic rings. The average molecular weight is 380 g/mol. The summed E-state index contributed by atoms with van der Waals surface area (Å²) in [6.07, 6.45) is 2.46. The fourth-order valence-electron chi connectivity index (χ4n) is 2.79. The minimum Gasteiger partial charge on any atom is -0.467 e. The lowest BCUT2D eigenvalue weighted by Gasteiger charge is -2.35. The van der Waals surface area contributed by atoms with Crippen molar-refractivity contribution in [2.45, 2.75) is 39.3 Å². The van der Waals surface area contributed by atoms with Crippen LogP contribution in [0.3, 0.4) is 0 Å². The highest BCUT2D eigenvalue weighted by Crippen LogP contribution is 2.11. The molecule has 2 rings (SSSR count). The molecule has 0 atom stereocenters. The van der Waals surface area contributed by atoms with Crippen molar-refractivity contribution in [3.63, 3.8) is 0 Å². The summed E-state index contributed by atoms with van der Waals surface area (Å²) in [5.74, 6) is 1.64. The van der Waals surface area contributed by atoms with Gasteiger partial charge in [-0.05, 0) is 45.9 Å². The number of rotatable bonds is 6. The molecule has 0 saturated carbocycles. The quantitative estimate of drug-likeness (QED) is 0.446. The number of carbonyl (C=O) groups is 1. The normalized spacial score (nSPS) is 16.3. The highest BCUT2D eigenvalue weighted by atomic mass is 16.6. The van der Waals surface area contributed by atoms with Crippen molar-refractivity contribution in [3.8, 4) is 0 Å². The van der Waals surface area contributed by atoms with Crippen LogP contribution in [0.1, 0.15) is 33.0 Å². The van der Waals surface area contributed by atoms with E-state index in [1.54, 1.807) is 18.2 Å². The number of furan rings is 1. The molecular weight excluding hydrogens is 346 g/mol. The molecule has 0 spiro atoms. The minimum absolute atomic E-state index is 0.213. The van der Waals surface area contributed by atoms with Crippen molar-refractivity contribution >= 4 is 12.1 Å². The van der Waals surface area contributed by atoms with Crippen LogP contribution in [0.15, 0.2) is 27.8 Å². The van der Waals surface area contributed by atoms with E-state index in [0.717, 1.165) is 44.3 Å². The van der Waals surface area contributed by atoms with Gasteiger partial charge in [-0.2, -0.15) is 0 Å². The molecule has 0 bridgehead atoms. The number of ether oxygens (including phenoxy) is 1. The molecule has 1 aliphatic rings. The molecule has 0 aromatic carbocycles. The van der Waals surface area contributed by atoms with Crippen molar-refractivity contribution in [2.75, 3.05) is 46.3 Å². The van der Waals surface area contributed by atoms with Gasteiger partial charge in [-0.25, -0.2) is 4.79 Å². The first-order valence-electron chi connectivity index (χ1n) is 9.54. The van der Waals surface area contributed by atoms with Gasteiger partial charge in [-0.3, -0.25) is 9.89 Å². The maximum Gasteiger partial charge on any atom is 0.410 e. The van der Waals surface area contributed by atoms with Gasteiger partial charge >= 0.3 is 6.09 Å². The van der Waals surface area contributed by atoms with Gasteiger partial charge < -0.3 is 24.7 Å². The Labute approximate surface area is 161 Å². The highest BCUT2D eigenvalue weighted by Gasteiger charge is 2.25. The Hall–Kier alpha value is -2.22. The SMILES string of the molecule is CN=C(NCCCN1CCN(C(=O)OC(C)(C)C)CC1)NCc1ccco1. The van der Waals surface area contributed by atoms with E-state index in [4.69, 9.17) is 9.15 Å². The van der Waals surface area contributed by atoms with Gasteiger partial charge in [0.15, 0.2) is 5.96 Å². The molecule has 1 fully saturated rings. The molecule has 27 heavy (non-hydrogen) atoms. The van der Waals surface area contributed by atoms with E-state index in [2.05, 4.69) is 20.5 Å². The van der Waals surface area contributed by atoms with E-state index in [-0.39, 0.29) is 6.09 Å². The second-order valence-electron chi connectivity index (χ2n) is 7.59. The van der Waals surface area contributed by atoms with Crippen LogP contribution in [-0.2, 0) is 11.3 Å². The van der Waals surface area contributed by atoms with E-state index in [1.165, 1.54) is 0 Å². The number of nitrogens with one attached hydrogen (secondary N) is 2. The Balaban J connectivity index is 1.58. The molecule has 152 valence electrons. The second-order valence-corrected chi connectivity index (χ2v) is 7.59. The zero-order valence-electron chi connectivity index (χ0n) is 17.0. The molecule has 0 radical (unpaired) electrons. The molecule has 8 nitrogen and oxygen atoms in total. The third kappa shape index (κ3) is 7.90. The second kappa shape index (κ2) is 10.2. The van der Waals surface area contributed by atoms with E-state index < -0.39 is 5.60 Å². The molecule has 0 aliphatic carbocycles. The van der Waals surface area contributed by atoms with Gasteiger partial charge in [-0.15, -0.1) is 0 Å². The van der Waals surface area contributed by atoms with Crippen LogP contribution in [-0.4, -0.2) is 73.8 Å². The van der Waals surface area contributed by atoms with E-state index in [0.29, 0.717) is 19.6 Å². The van der Waals surface area contributed by atoms with Gasteiger partial charge in [0.05, 0.1) is 12.8 Å². The lowest BCUT2D eigenvalue weighted by molar-refractivity contribution is 0.0145. The number of aliphatic imine (C=N–C) groups is 1. The van der Waals surface area contributed by atoms with Gasteiger partial charge in [-0.1, -0.05) is 0 Å². The first kappa shape index (κ1) is 21.1. The summed E-state index contributed by atoms with van der Waals surface area (Å²) in [7, 11) is 1.76. The molecule has 0 unspecified atom stereocenters. The smallest absolute Gasteiger partial charge is 0.410 e. The fourth-order valence-corrected chi connectivity index (χ4v) is 2.79. The fraction of sp³-hybridized carbons (Fsp3) is 0.684. The number of amides is 1. The number of nitrogens with zero attached hydrogens (tertiary/aromatic N) is 3. The first-order chi connectivity index (χ1) is 12.9. The van der Waals surface area contributed by atoms with Crippen LogP contribution in [0, 0.1) is 0 Å². The largest absolute Gasteiger partial charge is 0.467 e. The van der Waals surface area contributed by atoms with Crippen LogP contribution in [0.4, 0.5) is 4.79 Å². The van der Waals surface area contributed by atoms with Crippen LogP contribution in [0.5, 0.6) is 0 Å². The lowest BCUT2D eigenvalue weighted by Crippen LogP contribution is -2.50. The van der Waals surface area contributed by atoms with Gasteiger partial charge in [0, 0.05) is 39.8 Å². The predicted molar refractivity (Wildman–Crippen MR) is 106 cm³/mol. The van der Waals surface area contributed by atoms with Gasteiger partial charge in [0.2, 0.25) is 0 Å². The molecule has 8 heteroatoms. The monoisotopic (exact) mass is 379 g/mol. The average Bonchev–Trinajstić information content (AvgIpc) is 3.13. The summed E-state index contributed by atoms with van der Waals surface area (Å²) in [6.45, 7) is 11.3. The van der Waals surface area contributed by atoms with Crippen LogP contribution < -0.4 is 10.6 Å². The summed E-state index contributed by atoms with van der Waals surface area (Å²) < 4.78 is 10.7. The minimum atomic E-state index is -0.441. The Morgan fingerprint density at radius 1 is 1.26 bits per heavy atom. The number of guanidine groups is 1. The number of hydrogen-bond donors (Lipinski definition) is 2. The zero-order valence-corrected chi connectivity index (χ0v) is 17.0. The summed E-state index contributed by atoms with van der Waals surface area (Å²) in [5.41, 5.74) is -0.441. The molecule has 1 saturated heterocycles. The van der Waals surface area contributed by atoms with E-state index in [1.807, 2.05) is 32.9 Å². The molecular formula is C19H33N5O3. The molecule has 2 N–H and O–H groups in total. The predicted octanol–water partition coefficient (Wildman–Crippen LogP) is 1.89. The van der Waals surface area contributed by atoms with Crippen LogP contribution >= 0.6 is 0 Å². The van der Waals surface area contributed by atoms with Crippen molar-refractivity contribution in [1.29, 1.82) is 0 Å². The summed E-state index contributed by atoms with van der Waals surface area (Å²) in [4.78, 5) is 20.5. The molecule has 1 amide bonds. The summed E-state index contributed by atoms with van der Waals surface area (Å²) in [5, 5.41) is 6.53. The maximum absolute atomic E-state index is 12.1. The van der Waals surface area contributed by atoms with E-state index in [9.17, 15) is 4.79 Å². The number of piperazine rings is 1. The van der Waals surface area contributed by atoms with Gasteiger partial charge in [0.25, 0.3) is 0 Å². The van der Waals surface area contributed by atoms with Crippen molar-refractivity contribution in [3.05, 3.63) is 24.2 Å². The summed E-state index contributed by atoms with van der Waals surface area (Å²) in [6, 6.07) is 3.80. The standard InChI is InChI=1S/C19H33N5O3/c1-19(2,3)27-18(25)24-12-10-23(11-13-24)9-6-8-21-17(20-4)22-15-16-7-5-14-26-16/h5,7,14H,6,8-13,15H2,1-4H3,(H2,20,21,22). The van der Waals surface area contributed by atoms with Crippen molar-refractivity contribution in [2.24, 2.45) is 4.99 Å². The number of carbonyl (C=O) groups excluding carboxylic acids is 1. The third-order valence-electron chi connectivity index (χ3n) is 4.20. The van der Waals surface area contributed by atoms with Crippen molar-refractivity contribution < 1.29 is 13.9 Å². The Morgan fingerprint density at radius 2 is 2.00 bits per heavy atom. The Kier molecular flexibility index (Phi) is 7.97. The van der Waals surface area contributed by atoms with E-state index >= 15 is 0 Å². The lowest BCUT2D eigenvalue weighted by atomic mass is 10.2. The highest BCUT2D eigenvalue weighted by molar-refractivity contribution is 5.79. The summed E-state index contributed by atoms with van der Waals surface area (Å²) >= 11 is 0. The third-order valence-corrected chi connectivity index (χ3v) is 4.20. The zero-order chi connectivity index (χ0) is 19.7. The maximum atomic E-state index is 12.1. The molecule has 2 heterocycles. The Morgan fingerprint density at radius 3 is 2.59 bits per heavy atom. The van der Waals surface area contributed by atoms with Crippen LogP contribution in [0.2, 0.25) is 0 Å². The number of hydrogen-bond acceptors (Lipinski definition) is 5. The Bertz CT molecular complexity index is 587. The topological polar surface area (TPSA) is 82.3 Å². The first-order valence-corrected chi connectivity index (χ1v) is 9.54. The molecule has 1 aromatic heterocycles. The van der Waals surface area contributed by atoms with Gasteiger partial charge in [0.1, 0.15) is 11.4 Å². The van der Waals surface area contributed by atoms with Crippen molar-refractivity contribution in [1.82, 2.24) is 20.4 Å². The van der Waals surface area contributed by atoms with Crippen LogP contribution in [0.25, 0.3) is 0 Å².